The second-order valence-electron chi connectivity index (χ2n) is 4.85. The van der Waals surface area contributed by atoms with Crippen LogP contribution in [0.2, 0.25) is 0 Å². The summed E-state index contributed by atoms with van der Waals surface area (Å²) in [6, 6.07) is 1.78. The van der Waals surface area contributed by atoms with Crippen LogP contribution in [0, 0.1) is 0 Å². The summed E-state index contributed by atoms with van der Waals surface area (Å²) in [6.45, 7) is 0. The van der Waals surface area contributed by atoms with Gasteiger partial charge in [-0.15, -0.1) is 11.3 Å². The molecule has 0 atom stereocenters. The molecule has 21 heavy (non-hydrogen) atoms. The first-order chi connectivity index (χ1) is 10.2. The van der Waals surface area contributed by atoms with Crippen molar-refractivity contribution in [3.8, 4) is 0 Å². The summed E-state index contributed by atoms with van der Waals surface area (Å²) in [5.74, 6) is 0.289. The molecule has 0 aromatic carbocycles. The number of fused-ring (bicyclic) bond motifs is 1. The van der Waals surface area contributed by atoms with Gasteiger partial charge in [0.05, 0.1) is 11.2 Å². The Labute approximate surface area is 132 Å². The molecule has 0 aliphatic heterocycles. The Kier molecular flexibility index (Phi) is 3.00. The molecule has 1 saturated carbocycles. The fourth-order valence-electron chi connectivity index (χ4n) is 2.06. The average molecular weight is 364 g/mol. The van der Waals surface area contributed by atoms with Crippen molar-refractivity contribution in [1.29, 1.82) is 0 Å². The maximum absolute atomic E-state index is 12.4. The highest BCUT2D eigenvalue weighted by molar-refractivity contribution is 9.11. The maximum atomic E-state index is 12.4. The maximum Gasteiger partial charge on any atom is 0.276 e. The van der Waals surface area contributed by atoms with E-state index in [-0.39, 0.29) is 5.91 Å². The predicted molar refractivity (Wildman–Crippen MR) is 82.7 cm³/mol. The number of aromatic nitrogens is 4. The molecule has 0 bridgehead atoms. The molecule has 1 fully saturated rings. The van der Waals surface area contributed by atoms with E-state index in [0.29, 0.717) is 22.9 Å². The van der Waals surface area contributed by atoms with Gasteiger partial charge in [0.1, 0.15) is 9.47 Å². The Bertz CT molecular complexity index is 838. The van der Waals surface area contributed by atoms with Crippen LogP contribution in [0.5, 0.6) is 0 Å². The molecule has 0 radical (unpaired) electrons. The number of anilines is 1. The first-order valence-corrected chi connectivity index (χ1v) is 8.09. The molecule has 0 saturated heterocycles. The third-order valence-electron chi connectivity index (χ3n) is 3.27. The smallest absolute Gasteiger partial charge is 0.276 e. The van der Waals surface area contributed by atoms with E-state index < -0.39 is 0 Å². The number of hydrogen-bond donors (Lipinski definition) is 1. The number of carbonyl (C=O) groups excluding carboxylic acids is 1. The molecule has 1 aliphatic rings. The Morgan fingerprint density at radius 1 is 1.48 bits per heavy atom. The van der Waals surface area contributed by atoms with Crippen molar-refractivity contribution in [1.82, 2.24) is 19.6 Å². The summed E-state index contributed by atoms with van der Waals surface area (Å²) in [6.07, 6.45) is 7.36. The van der Waals surface area contributed by atoms with Crippen LogP contribution < -0.4 is 5.32 Å². The van der Waals surface area contributed by atoms with E-state index in [1.165, 1.54) is 24.2 Å². The Morgan fingerprint density at radius 3 is 3.14 bits per heavy atom. The lowest BCUT2D eigenvalue weighted by molar-refractivity contribution is 0.102. The molecular weight excluding hydrogens is 354 g/mol. The quantitative estimate of drug-likeness (QED) is 0.775. The van der Waals surface area contributed by atoms with Crippen molar-refractivity contribution < 1.29 is 4.79 Å². The first-order valence-electron chi connectivity index (χ1n) is 6.48. The molecule has 1 N–H and O–H groups in total. The van der Waals surface area contributed by atoms with E-state index in [0.717, 1.165) is 8.79 Å². The number of carbonyl (C=O) groups is 1. The molecular formula is C13H10BrN5OS. The van der Waals surface area contributed by atoms with Gasteiger partial charge in [0, 0.05) is 18.3 Å². The number of halogens is 1. The molecule has 1 amide bonds. The highest BCUT2D eigenvalue weighted by atomic mass is 79.9. The summed E-state index contributed by atoms with van der Waals surface area (Å²) >= 11 is 4.96. The van der Waals surface area contributed by atoms with Crippen LogP contribution in [0.25, 0.3) is 5.65 Å². The van der Waals surface area contributed by atoms with Crippen molar-refractivity contribution in [2.24, 2.45) is 0 Å². The topological polar surface area (TPSA) is 72.2 Å². The van der Waals surface area contributed by atoms with Gasteiger partial charge in [0.25, 0.3) is 5.91 Å². The molecule has 1 aliphatic carbocycles. The lowest BCUT2D eigenvalue weighted by Crippen LogP contribution is -2.13. The second kappa shape index (κ2) is 4.88. The number of nitrogens with zero attached hydrogens (tertiary/aromatic N) is 4. The minimum absolute atomic E-state index is 0.245. The average Bonchev–Trinajstić information content (AvgIpc) is 3.16. The monoisotopic (exact) mass is 363 g/mol. The van der Waals surface area contributed by atoms with Gasteiger partial charge in [-0.1, -0.05) is 0 Å². The van der Waals surface area contributed by atoms with Crippen molar-refractivity contribution in [2.45, 2.75) is 18.8 Å². The molecule has 3 heterocycles. The summed E-state index contributed by atoms with van der Waals surface area (Å²) in [5, 5.41) is 8.00. The van der Waals surface area contributed by atoms with E-state index in [1.54, 1.807) is 29.2 Å². The summed E-state index contributed by atoms with van der Waals surface area (Å²) in [5.41, 5.74) is 1.62. The van der Waals surface area contributed by atoms with Gasteiger partial charge in [-0.3, -0.25) is 4.79 Å². The third kappa shape index (κ3) is 2.34. The lowest BCUT2D eigenvalue weighted by Gasteiger charge is -2.00. The predicted octanol–water partition coefficient (Wildman–Crippen LogP) is 3.08. The van der Waals surface area contributed by atoms with Crippen LogP contribution in [0.1, 0.15) is 34.3 Å². The van der Waals surface area contributed by atoms with Gasteiger partial charge in [0.2, 0.25) is 0 Å². The number of thiazole rings is 1. The van der Waals surface area contributed by atoms with Crippen molar-refractivity contribution in [2.75, 3.05) is 5.32 Å². The standard InChI is InChI=1S/C13H10BrN5OS/c14-10-9(18-13(21-10)7-2-3-7)12(20)17-8-6-16-19-5-1-4-15-11(8)19/h1,4-7H,2-3H2,(H,17,20). The first kappa shape index (κ1) is 12.9. The van der Waals surface area contributed by atoms with E-state index in [2.05, 4.69) is 36.3 Å². The minimum atomic E-state index is -0.245. The summed E-state index contributed by atoms with van der Waals surface area (Å²) in [4.78, 5) is 21.0. The van der Waals surface area contributed by atoms with E-state index >= 15 is 0 Å². The van der Waals surface area contributed by atoms with E-state index in [4.69, 9.17) is 0 Å². The van der Waals surface area contributed by atoms with Gasteiger partial charge in [-0.05, 0) is 34.8 Å². The highest BCUT2D eigenvalue weighted by Crippen LogP contribution is 2.43. The Morgan fingerprint density at radius 2 is 2.33 bits per heavy atom. The van der Waals surface area contributed by atoms with Gasteiger partial charge in [-0.25, -0.2) is 14.5 Å². The molecule has 3 aromatic heterocycles. The Hall–Kier alpha value is -1.80. The molecule has 0 unspecified atom stereocenters. The molecule has 8 heteroatoms. The second-order valence-corrected chi connectivity index (χ2v) is 7.20. The number of nitrogens with one attached hydrogen (secondary N) is 1. The molecule has 0 spiro atoms. The number of hydrogen-bond acceptors (Lipinski definition) is 5. The number of rotatable bonds is 3. The SMILES string of the molecule is O=C(Nc1cnn2cccnc12)c1nc(C2CC2)sc1Br. The normalized spacial score (nSPS) is 14.5. The molecule has 6 nitrogen and oxygen atoms in total. The van der Waals surface area contributed by atoms with E-state index in [9.17, 15) is 4.79 Å². The largest absolute Gasteiger partial charge is 0.316 e. The summed E-state index contributed by atoms with van der Waals surface area (Å²) < 4.78 is 2.38. The van der Waals surface area contributed by atoms with Crippen molar-refractivity contribution in [3.05, 3.63) is 39.1 Å². The van der Waals surface area contributed by atoms with Crippen molar-refractivity contribution >= 4 is 44.5 Å². The van der Waals surface area contributed by atoms with Crippen LogP contribution in [0.15, 0.2) is 28.4 Å². The van der Waals surface area contributed by atoms with Crippen LogP contribution in [0.3, 0.4) is 0 Å². The summed E-state index contributed by atoms with van der Waals surface area (Å²) in [7, 11) is 0. The van der Waals surface area contributed by atoms with E-state index in [1.807, 2.05) is 0 Å². The van der Waals surface area contributed by atoms with Crippen LogP contribution in [-0.4, -0.2) is 25.5 Å². The Balaban J connectivity index is 1.63. The molecule has 4 rings (SSSR count). The zero-order valence-electron chi connectivity index (χ0n) is 10.8. The molecule has 3 aromatic rings. The zero-order valence-corrected chi connectivity index (χ0v) is 13.2. The lowest BCUT2D eigenvalue weighted by atomic mass is 10.4. The van der Waals surface area contributed by atoms with Crippen LogP contribution in [-0.2, 0) is 0 Å². The fraction of sp³-hybridized carbons (Fsp3) is 0.231. The highest BCUT2D eigenvalue weighted by Gasteiger charge is 2.29. The van der Waals surface area contributed by atoms with Crippen LogP contribution in [0.4, 0.5) is 5.69 Å². The minimum Gasteiger partial charge on any atom is -0.316 e. The zero-order chi connectivity index (χ0) is 14.4. The van der Waals surface area contributed by atoms with Gasteiger partial charge < -0.3 is 5.32 Å². The van der Waals surface area contributed by atoms with Gasteiger partial charge in [-0.2, -0.15) is 5.10 Å². The third-order valence-corrected chi connectivity index (χ3v) is 5.14. The van der Waals surface area contributed by atoms with Gasteiger partial charge >= 0.3 is 0 Å². The van der Waals surface area contributed by atoms with Crippen LogP contribution >= 0.6 is 27.3 Å². The van der Waals surface area contributed by atoms with Gasteiger partial charge in [0.15, 0.2) is 11.3 Å². The van der Waals surface area contributed by atoms with Crippen molar-refractivity contribution in [3.63, 3.8) is 0 Å². The molecule has 106 valence electrons. The number of amides is 1. The fourth-order valence-corrected chi connectivity index (χ4v) is 3.78.